The van der Waals surface area contributed by atoms with E-state index in [1.807, 2.05) is 0 Å². The Morgan fingerprint density at radius 3 is 2.65 bits per heavy atom. The molecule has 1 N–H and O–H groups in total. The average Bonchev–Trinajstić information content (AvgIpc) is 2.94. The molecule has 0 radical (unpaired) electrons. The number of aliphatic hydroxyl groups excluding tert-OH is 1. The second-order valence-corrected chi connectivity index (χ2v) is 9.80. The molecule has 2 saturated carbocycles. The number of hydrogen-bond acceptors (Lipinski definition) is 3. The molecular weight excluding hydrogens is 331 g/mol. The number of aliphatic hydroxyl groups is 1. The van der Waals surface area contributed by atoms with E-state index >= 15 is 4.39 Å². The van der Waals surface area contributed by atoms with Crippen LogP contribution in [0.2, 0.25) is 0 Å². The van der Waals surface area contributed by atoms with Gasteiger partial charge in [0.15, 0.2) is 5.79 Å². The Labute approximate surface area is 156 Å². The Morgan fingerprint density at radius 2 is 1.88 bits per heavy atom. The third-order valence-electron chi connectivity index (χ3n) is 8.91. The van der Waals surface area contributed by atoms with Crippen molar-refractivity contribution in [3.05, 3.63) is 11.1 Å². The fourth-order valence-corrected chi connectivity index (χ4v) is 7.39. The fraction of sp³-hybridized carbons (Fsp3) is 0.909. The van der Waals surface area contributed by atoms with E-state index in [1.54, 1.807) is 11.1 Å². The Bertz CT molecular complexity index is 611. The van der Waals surface area contributed by atoms with Gasteiger partial charge in [0.1, 0.15) is 5.67 Å². The molecule has 0 bridgehead atoms. The first-order valence-electron chi connectivity index (χ1n) is 10.8. The maximum Gasteiger partial charge on any atom is 0.172 e. The van der Waals surface area contributed by atoms with Gasteiger partial charge in [-0.15, -0.1) is 0 Å². The smallest absolute Gasteiger partial charge is 0.172 e. The molecule has 5 rings (SSSR count). The zero-order chi connectivity index (χ0) is 18.0. The number of rotatable bonds is 1. The zero-order valence-electron chi connectivity index (χ0n) is 16.1. The number of hydrogen-bond donors (Lipinski definition) is 1. The van der Waals surface area contributed by atoms with Gasteiger partial charge in [-0.3, -0.25) is 0 Å². The maximum absolute atomic E-state index is 15.4. The van der Waals surface area contributed by atoms with Crippen LogP contribution >= 0.6 is 0 Å². The van der Waals surface area contributed by atoms with Gasteiger partial charge in [-0.05, 0) is 69.1 Å². The van der Waals surface area contributed by atoms with Gasteiger partial charge in [-0.2, -0.15) is 0 Å². The van der Waals surface area contributed by atoms with Crippen molar-refractivity contribution in [2.75, 3.05) is 19.8 Å². The number of alkyl halides is 1. The van der Waals surface area contributed by atoms with Crippen molar-refractivity contribution in [2.45, 2.75) is 82.6 Å². The van der Waals surface area contributed by atoms with E-state index in [1.165, 1.54) is 6.42 Å². The lowest BCUT2D eigenvalue weighted by Gasteiger charge is -2.54. The lowest BCUT2D eigenvalue weighted by molar-refractivity contribution is -0.272. The van der Waals surface area contributed by atoms with E-state index in [0.29, 0.717) is 24.2 Å². The van der Waals surface area contributed by atoms with Crippen molar-refractivity contribution in [3.8, 4) is 0 Å². The Balaban J connectivity index is 1.40. The lowest BCUT2D eigenvalue weighted by atomic mass is 9.52. The van der Waals surface area contributed by atoms with Gasteiger partial charge >= 0.3 is 0 Å². The summed E-state index contributed by atoms with van der Waals surface area (Å²) in [6.45, 7) is 3.48. The molecule has 0 aromatic rings. The van der Waals surface area contributed by atoms with Crippen molar-refractivity contribution in [2.24, 2.45) is 23.2 Å². The summed E-state index contributed by atoms with van der Waals surface area (Å²) in [5.41, 5.74) is 1.58. The predicted octanol–water partition coefficient (Wildman–Crippen LogP) is 4.54. The number of fused-ring (bicyclic) bond motifs is 4. The van der Waals surface area contributed by atoms with Crippen LogP contribution in [0.4, 0.5) is 4.39 Å². The average molecular weight is 365 g/mol. The van der Waals surface area contributed by atoms with Crippen LogP contribution in [0.5, 0.6) is 0 Å². The van der Waals surface area contributed by atoms with E-state index < -0.39 is 5.67 Å². The van der Waals surface area contributed by atoms with Crippen molar-refractivity contribution in [3.63, 3.8) is 0 Å². The van der Waals surface area contributed by atoms with Crippen molar-refractivity contribution in [1.29, 1.82) is 0 Å². The number of ether oxygens (including phenoxy) is 2. The SMILES string of the molecule is C[C@]12CCC3C4=C(CCC3C1CC[C@]2(F)CO)CC1(CC4)OCCCO1. The van der Waals surface area contributed by atoms with E-state index in [-0.39, 0.29) is 17.8 Å². The lowest BCUT2D eigenvalue weighted by Crippen LogP contribution is -2.51. The summed E-state index contributed by atoms with van der Waals surface area (Å²) in [7, 11) is 0. The molecule has 0 amide bonds. The molecule has 1 spiro atoms. The van der Waals surface area contributed by atoms with Crippen LogP contribution in [0.25, 0.3) is 0 Å². The Kier molecular flexibility index (Phi) is 4.08. The van der Waals surface area contributed by atoms with Crippen LogP contribution in [-0.2, 0) is 9.47 Å². The van der Waals surface area contributed by atoms with Gasteiger partial charge < -0.3 is 14.6 Å². The van der Waals surface area contributed by atoms with Crippen LogP contribution < -0.4 is 0 Å². The highest BCUT2D eigenvalue weighted by atomic mass is 19.1. The van der Waals surface area contributed by atoms with Gasteiger partial charge in [-0.25, -0.2) is 4.39 Å². The molecule has 1 aliphatic heterocycles. The van der Waals surface area contributed by atoms with Gasteiger partial charge in [0.2, 0.25) is 0 Å². The minimum absolute atomic E-state index is 0.303. The van der Waals surface area contributed by atoms with Gasteiger partial charge in [0.25, 0.3) is 0 Å². The monoisotopic (exact) mass is 364 g/mol. The third-order valence-corrected chi connectivity index (χ3v) is 8.91. The second-order valence-electron chi connectivity index (χ2n) is 9.80. The van der Waals surface area contributed by atoms with Crippen LogP contribution in [-0.4, -0.2) is 36.4 Å². The molecule has 146 valence electrons. The third kappa shape index (κ3) is 2.34. The first kappa shape index (κ1) is 17.6. The first-order chi connectivity index (χ1) is 12.5. The number of allylic oxidation sites excluding steroid dienone is 1. The summed E-state index contributed by atoms with van der Waals surface area (Å²) in [4.78, 5) is 0. The summed E-state index contributed by atoms with van der Waals surface area (Å²) in [6.07, 6.45) is 9.88. The van der Waals surface area contributed by atoms with Crippen molar-refractivity contribution >= 4 is 0 Å². The standard InChI is InChI=1S/C22H33FO3/c1-20-8-5-17-16-6-10-22(25-11-2-12-26-22)13-15(16)3-4-18(17)19(20)7-9-21(20,23)14-24/h17-19,24H,2-14H2,1H3/t17?,18?,19?,20-,21-/m0/s1. The van der Waals surface area contributed by atoms with E-state index in [2.05, 4.69) is 6.92 Å². The topological polar surface area (TPSA) is 38.7 Å². The molecule has 3 fully saturated rings. The molecule has 0 aromatic carbocycles. The molecule has 1 saturated heterocycles. The van der Waals surface area contributed by atoms with Gasteiger partial charge in [0, 0.05) is 18.3 Å². The molecule has 5 aliphatic rings. The minimum atomic E-state index is -1.36. The van der Waals surface area contributed by atoms with Gasteiger partial charge in [-0.1, -0.05) is 18.1 Å². The van der Waals surface area contributed by atoms with Gasteiger partial charge in [0.05, 0.1) is 19.8 Å². The van der Waals surface area contributed by atoms with Crippen LogP contribution in [0.1, 0.15) is 71.1 Å². The van der Waals surface area contributed by atoms with Crippen LogP contribution in [0.15, 0.2) is 11.1 Å². The molecule has 3 unspecified atom stereocenters. The van der Waals surface area contributed by atoms with E-state index in [4.69, 9.17) is 9.47 Å². The molecule has 26 heavy (non-hydrogen) atoms. The predicted molar refractivity (Wildman–Crippen MR) is 97.3 cm³/mol. The normalized spacial score (nSPS) is 47.4. The van der Waals surface area contributed by atoms with Crippen LogP contribution in [0, 0.1) is 23.2 Å². The Hall–Kier alpha value is -0.450. The summed E-state index contributed by atoms with van der Waals surface area (Å²) in [6, 6.07) is 0. The molecule has 3 nitrogen and oxygen atoms in total. The summed E-state index contributed by atoms with van der Waals surface area (Å²) >= 11 is 0. The summed E-state index contributed by atoms with van der Waals surface area (Å²) in [5.74, 6) is 1.34. The highest BCUT2D eigenvalue weighted by Gasteiger charge is 2.63. The van der Waals surface area contributed by atoms with Crippen molar-refractivity contribution in [1.82, 2.24) is 0 Å². The quantitative estimate of drug-likeness (QED) is 0.695. The fourth-order valence-electron chi connectivity index (χ4n) is 7.39. The number of halogens is 1. The largest absolute Gasteiger partial charge is 0.393 e. The first-order valence-corrected chi connectivity index (χ1v) is 10.8. The highest BCUT2D eigenvalue weighted by molar-refractivity contribution is 5.29. The molecular formula is C22H33FO3. The Morgan fingerprint density at radius 1 is 1.08 bits per heavy atom. The van der Waals surface area contributed by atoms with E-state index in [9.17, 15) is 5.11 Å². The van der Waals surface area contributed by atoms with Crippen molar-refractivity contribution < 1.29 is 19.0 Å². The molecule has 5 atom stereocenters. The maximum atomic E-state index is 15.4. The zero-order valence-corrected chi connectivity index (χ0v) is 16.1. The minimum Gasteiger partial charge on any atom is -0.393 e. The molecule has 4 aliphatic carbocycles. The second kappa shape index (κ2) is 6.02. The molecule has 4 heteroatoms. The highest BCUT2D eigenvalue weighted by Crippen LogP contribution is 2.65. The van der Waals surface area contributed by atoms with Crippen LogP contribution in [0.3, 0.4) is 0 Å². The summed E-state index contributed by atoms with van der Waals surface area (Å²) in [5, 5.41) is 9.74. The summed E-state index contributed by atoms with van der Waals surface area (Å²) < 4.78 is 27.6. The molecule has 0 aromatic heterocycles. The van der Waals surface area contributed by atoms with E-state index in [0.717, 1.165) is 64.6 Å². The molecule has 1 heterocycles.